The lowest BCUT2D eigenvalue weighted by molar-refractivity contribution is -0.189. The van der Waals surface area contributed by atoms with Crippen LogP contribution in [0.1, 0.15) is 33.8 Å². The molecule has 1 unspecified atom stereocenters. The first-order chi connectivity index (χ1) is 10.1. The molecule has 22 heavy (non-hydrogen) atoms. The van der Waals surface area contributed by atoms with Gasteiger partial charge in [0.1, 0.15) is 5.82 Å². The summed E-state index contributed by atoms with van der Waals surface area (Å²) in [4.78, 5) is 13.2. The van der Waals surface area contributed by atoms with E-state index in [1.54, 1.807) is 0 Å². The van der Waals surface area contributed by atoms with Gasteiger partial charge in [0.25, 0.3) is 11.8 Å². The van der Waals surface area contributed by atoms with Gasteiger partial charge in [-0.15, -0.1) is 0 Å². The Bertz CT molecular complexity index is 567. The number of nitrogens with zero attached hydrogens (tertiary/aromatic N) is 2. The number of hydrogen-bond acceptors (Lipinski definition) is 3. The standard InChI is InChI=1S/C15H19F3N2O2/c1-9-6-10(14(21)19(2)3)7-12(16)13(9)11-4-5-20(22)8-15(11,17)18/h6-7,11,22H,4-5,8H2,1-3H3. The number of halogens is 3. The highest BCUT2D eigenvalue weighted by Gasteiger charge is 2.46. The minimum absolute atomic E-state index is 0.0531. The van der Waals surface area contributed by atoms with Crippen molar-refractivity contribution in [3.8, 4) is 0 Å². The number of benzene rings is 1. The summed E-state index contributed by atoms with van der Waals surface area (Å²) in [6, 6.07) is 2.44. The van der Waals surface area contributed by atoms with Gasteiger partial charge in [-0.1, -0.05) is 0 Å². The van der Waals surface area contributed by atoms with Gasteiger partial charge in [-0.3, -0.25) is 4.79 Å². The molecule has 1 saturated heterocycles. The Hall–Kier alpha value is -1.60. The average Bonchev–Trinajstić information content (AvgIpc) is 2.38. The molecule has 1 aromatic rings. The second-order valence-electron chi connectivity index (χ2n) is 5.88. The molecule has 1 amide bonds. The number of alkyl halides is 2. The molecule has 4 nitrogen and oxygen atoms in total. The lowest BCUT2D eigenvalue weighted by Crippen LogP contribution is -2.46. The molecule has 7 heteroatoms. The normalized spacial score (nSPS) is 21.7. The van der Waals surface area contributed by atoms with Crippen LogP contribution in [-0.4, -0.2) is 54.2 Å². The van der Waals surface area contributed by atoms with Crippen LogP contribution in [0.4, 0.5) is 13.2 Å². The van der Waals surface area contributed by atoms with Crippen molar-refractivity contribution in [3.05, 3.63) is 34.6 Å². The summed E-state index contributed by atoms with van der Waals surface area (Å²) in [5.74, 6) is -5.72. The molecule has 2 rings (SSSR count). The Labute approximate surface area is 127 Å². The maximum atomic E-state index is 14.4. The van der Waals surface area contributed by atoms with Crippen LogP contribution in [0.15, 0.2) is 12.1 Å². The van der Waals surface area contributed by atoms with Gasteiger partial charge in [-0.25, -0.2) is 13.2 Å². The van der Waals surface area contributed by atoms with Crippen molar-refractivity contribution in [2.45, 2.75) is 25.2 Å². The molecule has 1 N–H and O–H groups in total. The zero-order chi connectivity index (χ0) is 16.7. The summed E-state index contributed by atoms with van der Waals surface area (Å²) in [5, 5.41) is 9.78. The van der Waals surface area contributed by atoms with E-state index < -0.39 is 24.2 Å². The van der Waals surface area contributed by atoms with Crippen molar-refractivity contribution in [3.63, 3.8) is 0 Å². The summed E-state index contributed by atoms with van der Waals surface area (Å²) in [5.41, 5.74) is 0.376. The number of hydrogen-bond donors (Lipinski definition) is 1. The SMILES string of the molecule is Cc1cc(C(=O)N(C)C)cc(F)c1C1CCN(O)CC1(F)F. The highest BCUT2D eigenvalue weighted by Crippen LogP contribution is 2.42. The van der Waals surface area contributed by atoms with Crippen molar-refractivity contribution in [1.29, 1.82) is 0 Å². The third-order valence-electron chi connectivity index (χ3n) is 3.92. The summed E-state index contributed by atoms with van der Waals surface area (Å²) in [6.45, 7) is 0.749. The van der Waals surface area contributed by atoms with Crippen molar-refractivity contribution in [2.75, 3.05) is 27.2 Å². The molecule has 1 fully saturated rings. The number of hydroxylamine groups is 2. The molecule has 1 atom stereocenters. The highest BCUT2D eigenvalue weighted by molar-refractivity contribution is 5.94. The molecule has 0 aromatic heterocycles. The summed E-state index contributed by atoms with van der Waals surface area (Å²) in [7, 11) is 3.07. The second-order valence-corrected chi connectivity index (χ2v) is 5.88. The monoisotopic (exact) mass is 316 g/mol. The van der Waals surface area contributed by atoms with Crippen LogP contribution in [0.5, 0.6) is 0 Å². The molecule has 1 aliphatic heterocycles. The quantitative estimate of drug-likeness (QED) is 0.912. The van der Waals surface area contributed by atoms with E-state index in [4.69, 9.17) is 0 Å². The molecule has 0 radical (unpaired) electrons. The van der Waals surface area contributed by atoms with Gasteiger partial charge in [0, 0.05) is 26.2 Å². The molecule has 0 spiro atoms. The van der Waals surface area contributed by atoms with E-state index in [1.807, 2.05) is 0 Å². The number of aryl methyl sites for hydroxylation is 1. The summed E-state index contributed by atoms with van der Waals surface area (Å²) < 4.78 is 42.6. The fourth-order valence-corrected chi connectivity index (χ4v) is 2.86. The van der Waals surface area contributed by atoms with Gasteiger partial charge < -0.3 is 10.1 Å². The lowest BCUT2D eigenvalue weighted by Gasteiger charge is -2.36. The first-order valence-electron chi connectivity index (χ1n) is 6.97. The van der Waals surface area contributed by atoms with Crippen molar-refractivity contribution < 1.29 is 23.2 Å². The maximum Gasteiger partial charge on any atom is 0.269 e. The van der Waals surface area contributed by atoms with Crippen LogP contribution in [0.3, 0.4) is 0 Å². The van der Waals surface area contributed by atoms with Crippen LogP contribution in [0.2, 0.25) is 0 Å². The Morgan fingerprint density at radius 1 is 1.41 bits per heavy atom. The second kappa shape index (κ2) is 5.89. The third-order valence-corrected chi connectivity index (χ3v) is 3.92. The number of rotatable bonds is 2. The van der Waals surface area contributed by atoms with Crippen LogP contribution in [-0.2, 0) is 0 Å². The van der Waals surface area contributed by atoms with Crippen LogP contribution >= 0.6 is 0 Å². The van der Waals surface area contributed by atoms with E-state index in [0.29, 0.717) is 10.6 Å². The van der Waals surface area contributed by atoms with Crippen molar-refractivity contribution in [2.24, 2.45) is 0 Å². The van der Waals surface area contributed by atoms with Gasteiger partial charge in [-0.2, -0.15) is 5.06 Å². The fraction of sp³-hybridized carbons (Fsp3) is 0.533. The first-order valence-corrected chi connectivity index (χ1v) is 6.97. The van der Waals surface area contributed by atoms with Crippen molar-refractivity contribution in [1.82, 2.24) is 9.96 Å². The van der Waals surface area contributed by atoms with Gasteiger partial charge >= 0.3 is 0 Å². The molecule has 0 aliphatic carbocycles. The van der Waals surface area contributed by atoms with Gasteiger partial charge in [0.05, 0.1) is 12.5 Å². The topological polar surface area (TPSA) is 43.8 Å². The summed E-state index contributed by atoms with van der Waals surface area (Å²) >= 11 is 0. The zero-order valence-corrected chi connectivity index (χ0v) is 12.7. The molecule has 1 aliphatic rings. The molecule has 0 bridgehead atoms. The minimum atomic E-state index is -3.23. The van der Waals surface area contributed by atoms with Gasteiger partial charge in [0.15, 0.2) is 0 Å². The highest BCUT2D eigenvalue weighted by atomic mass is 19.3. The lowest BCUT2D eigenvalue weighted by atomic mass is 9.83. The fourth-order valence-electron chi connectivity index (χ4n) is 2.86. The number of amides is 1. The predicted octanol–water partition coefficient (Wildman–Crippen LogP) is 2.65. The maximum absolute atomic E-state index is 14.4. The average molecular weight is 316 g/mol. The Morgan fingerprint density at radius 2 is 2.05 bits per heavy atom. The first kappa shape index (κ1) is 16.8. The van der Waals surface area contributed by atoms with Crippen LogP contribution < -0.4 is 0 Å². The molecule has 1 heterocycles. The molecule has 0 saturated carbocycles. The largest absolute Gasteiger partial charge is 0.345 e. The van der Waals surface area contributed by atoms with Gasteiger partial charge in [0.2, 0.25) is 0 Å². The van der Waals surface area contributed by atoms with E-state index in [2.05, 4.69) is 0 Å². The van der Waals surface area contributed by atoms with E-state index in [9.17, 15) is 23.2 Å². The summed E-state index contributed by atoms with van der Waals surface area (Å²) in [6.07, 6.45) is -0.0533. The Kier molecular flexibility index (Phi) is 4.49. The molecular formula is C15H19F3N2O2. The smallest absolute Gasteiger partial charge is 0.269 e. The van der Waals surface area contributed by atoms with Crippen LogP contribution in [0, 0.1) is 12.7 Å². The minimum Gasteiger partial charge on any atom is -0.345 e. The Balaban J connectivity index is 2.42. The van der Waals surface area contributed by atoms with Crippen LogP contribution in [0.25, 0.3) is 0 Å². The van der Waals surface area contributed by atoms with Gasteiger partial charge in [-0.05, 0) is 36.6 Å². The molecular weight excluding hydrogens is 297 g/mol. The predicted molar refractivity (Wildman–Crippen MR) is 74.8 cm³/mol. The van der Waals surface area contributed by atoms with Crippen molar-refractivity contribution >= 4 is 5.91 Å². The van der Waals surface area contributed by atoms with E-state index in [-0.39, 0.29) is 30.0 Å². The zero-order valence-electron chi connectivity index (χ0n) is 12.7. The third kappa shape index (κ3) is 3.10. The van der Waals surface area contributed by atoms with E-state index >= 15 is 0 Å². The van der Waals surface area contributed by atoms with E-state index in [0.717, 1.165) is 6.07 Å². The number of piperidine rings is 1. The molecule has 122 valence electrons. The number of carbonyl (C=O) groups excluding carboxylic acids is 1. The van der Waals surface area contributed by atoms with E-state index in [1.165, 1.54) is 32.0 Å². The number of carbonyl (C=O) groups is 1. The molecule has 1 aromatic carbocycles. The Morgan fingerprint density at radius 3 is 2.55 bits per heavy atom.